The van der Waals surface area contributed by atoms with Gasteiger partial charge in [-0.3, -0.25) is 0 Å². The number of benzene rings is 1. The fourth-order valence-electron chi connectivity index (χ4n) is 1.62. The summed E-state index contributed by atoms with van der Waals surface area (Å²) >= 11 is 0. The third kappa shape index (κ3) is 5.08. The molecule has 1 atom stereocenters. The van der Waals surface area contributed by atoms with Crippen LogP contribution in [-0.2, 0) is 4.79 Å². The Morgan fingerprint density at radius 1 is 1.22 bits per heavy atom. The van der Waals surface area contributed by atoms with E-state index in [4.69, 9.17) is 14.6 Å². The van der Waals surface area contributed by atoms with E-state index in [1.165, 1.54) is 0 Å². The molecular formula is C14H20O4. The molecule has 0 aliphatic heterocycles. The summed E-state index contributed by atoms with van der Waals surface area (Å²) in [6.07, 6.45) is 3.35. The number of carboxylic acid groups (broad SMARTS) is 1. The first-order chi connectivity index (χ1) is 8.65. The number of rotatable bonds is 8. The van der Waals surface area contributed by atoms with Crippen LogP contribution in [0.3, 0.4) is 0 Å². The monoisotopic (exact) mass is 252 g/mol. The van der Waals surface area contributed by atoms with Crippen LogP contribution in [0.1, 0.15) is 33.1 Å². The van der Waals surface area contributed by atoms with Gasteiger partial charge in [-0.1, -0.05) is 20.3 Å². The Kier molecular flexibility index (Phi) is 6.05. The highest BCUT2D eigenvalue weighted by molar-refractivity contribution is 5.68. The van der Waals surface area contributed by atoms with Gasteiger partial charge in [-0.05, 0) is 37.1 Å². The third-order valence-corrected chi connectivity index (χ3v) is 2.55. The lowest BCUT2D eigenvalue weighted by Gasteiger charge is -2.16. The molecule has 0 bridgehead atoms. The lowest BCUT2D eigenvalue weighted by molar-refractivity contribution is -0.139. The predicted molar refractivity (Wildman–Crippen MR) is 69.2 cm³/mol. The summed E-state index contributed by atoms with van der Waals surface area (Å²) in [7, 11) is 0. The van der Waals surface area contributed by atoms with Crippen molar-refractivity contribution in [3.63, 3.8) is 0 Å². The Bertz CT molecular complexity index is 359. The van der Waals surface area contributed by atoms with Gasteiger partial charge in [0.1, 0.15) is 11.5 Å². The molecule has 1 aromatic rings. The van der Waals surface area contributed by atoms with Crippen molar-refractivity contribution in [3.05, 3.63) is 24.3 Å². The zero-order chi connectivity index (χ0) is 13.4. The summed E-state index contributed by atoms with van der Waals surface area (Å²) in [5.41, 5.74) is 0. The topological polar surface area (TPSA) is 55.8 Å². The predicted octanol–water partition coefficient (Wildman–Crippen LogP) is 3.11. The fraction of sp³-hybridized carbons (Fsp3) is 0.500. The smallest absolute Gasteiger partial charge is 0.341 e. The van der Waals surface area contributed by atoms with E-state index in [0.29, 0.717) is 5.75 Å². The van der Waals surface area contributed by atoms with E-state index < -0.39 is 5.97 Å². The maximum atomic E-state index is 10.3. The molecule has 0 fully saturated rings. The highest BCUT2D eigenvalue weighted by Gasteiger charge is 2.07. The Morgan fingerprint density at radius 3 is 2.33 bits per heavy atom. The summed E-state index contributed by atoms with van der Waals surface area (Å²) in [6.45, 7) is 3.91. The molecule has 0 aromatic heterocycles. The standard InChI is InChI=1S/C14H20O4/c1-3-5-11(4-2)18-13-8-6-12(7-9-13)17-10-14(15)16/h6-9,11H,3-5,10H2,1-2H3,(H,15,16). The zero-order valence-electron chi connectivity index (χ0n) is 10.9. The molecule has 0 radical (unpaired) electrons. The molecule has 4 nitrogen and oxygen atoms in total. The molecule has 0 spiro atoms. The van der Waals surface area contributed by atoms with E-state index in [1.54, 1.807) is 24.3 Å². The van der Waals surface area contributed by atoms with E-state index >= 15 is 0 Å². The second-order valence-electron chi connectivity index (χ2n) is 4.09. The largest absolute Gasteiger partial charge is 0.490 e. The lowest BCUT2D eigenvalue weighted by Crippen LogP contribution is -2.14. The van der Waals surface area contributed by atoms with Gasteiger partial charge in [-0.25, -0.2) is 4.79 Å². The normalized spacial score (nSPS) is 11.9. The van der Waals surface area contributed by atoms with E-state index in [9.17, 15) is 4.79 Å². The second kappa shape index (κ2) is 7.58. The van der Waals surface area contributed by atoms with Crippen LogP contribution < -0.4 is 9.47 Å². The van der Waals surface area contributed by atoms with Crippen LogP contribution in [0.25, 0.3) is 0 Å². The van der Waals surface area contributed by atoms with Crippen LogP contribution in [0.15, 0.2) is 24.3 Å². The molecule has 4 heteroatoms. The third-order valence-electron chi connectivity index (χ3n) is 2.55. The van der Waals surface area contributed by atoms with Gasteiger partial charge in [0.2, 0.25) is 0 Å². The van der Waals surface area contributed by atoms with Gasteiger partial charge in [0.05, 0.1) is 6.10 Å². The molecule has 0 saturated heterocycles. The number of hydrogen-bond acceptors (Lipinski definition) is 3. The van der Waals surface area contributed by atoms with E-state index in [0.717, 1.165) is 25.0 Å². The van der Waals surface area contributed by atoms with Gasteiger partial charge in [-0.2, -0.15) is 0 Å². The van der Waals surface area contributed by atoms with Crippen molar-refractivity contribution in [1.82, 2.24) is 0 Å². The summed E-state index contributed by atoms with van der Waals surface area (Å²) in [5.74, 6) is 0.343. The Morgan fingerprint density at radius 2 is 1.83 bits per heavy atom. The maximum Gasteiger partial charge on any atom is 0.341 e. The Labute approximate surface area is 108 Å². The molecule has 0 heterocycles. The van der Waals surface area contributed by atoms with Gasteiger partial charge in [0, 0.05) is 0 Å². The van der Waals surface area contributed by atoms with Gasteiger partial charge in [-0.15, -0.1) is 0 Å². The first kappa shape index (κ1) is 14.4. The quantitative estimate of drug-likeness (QED) is 0.772. The van der Waals surface area contributed by atoms with Crippen LogP contribution >= 0.6 is 0 Å². The molecule has 1 unspecified atom stereocenters. The van der Waals surface area contributed by atoms with Crippen molar-refractivity contribution >= 4 is 5.97 Å². The average molecular weight is 252 g/mol. The molecule has 1 rings (SSSR count). The minimum absolute atomic E-state index is 0.237. The highest BCUT2D eigenvalue weighted by atomic mass is 16.5. The number of hydrogen-bond donors (Lipinski definition) is 1. The maximum absolute atomic E-state index is 10.3. The number of carboxylic acids is 1. The van der Waals surface area contributed by atoms with Gasteiger partial charge < -0.3 is 14.6 Å². The van der Waals surface area contributed by atoms with Crippen molar-refractivity contribution in [3.8, 4) is 11.5 Å². The van der Waals surface area contributed by atoms with Crippen LogP contribution in [0.2, 0.25) is 0 Å². The Hall–Kier alpha value is -1.71. The van der Waals surface area contributed by atoms with Crippen molar-refractivity contribution in [2.75, 3.05) is 6.61 Å². The van der Waals surface area contributed by atoms with Crippen molar-refractivity contribution in [1.29, 1.82) is 0 Å². The minimum Gasteiger partial charge on any atom is -0.490 e. The van der Waals surface area contributed by atoms with Crippen LogP contribution in [0, 0.1) is 0 Å². The molecule has 100 valence electrons. The summed E-state index contributed by atoms with van der Waals surface area (Å²) in [4.78, 5) is 10.3. The fourth-order valence-corrected chi connectivity index (χ4v) is 1.62. The average Bonchev–Trinajstić information content (AvgIpc) is 2.37. The van der Waals surface area contributed by atoms with Crippen molar-refractivity contribution in [2.45, 2.75) is 39.2 Å². The summed E-state index contributed by atoms with van der Waals surface area (Å²) in [5, 5.41) is 8.49. The van der Waals surface area contributed by atoms with E-state index in [2.05, 4.69) is 13.8 Å². The number of aliphatic carboxylic acids is 1. The molecule has 0 aliphatic carbocycles. The minimum atomic E-state index is -0.982. The zero-order valence-corrected chi connectivity index (χ0v) is 10.9. The molecule has 0 aliphatic rings. The van der Waals surface area contributed by atoms with Crippen molar-refractivity contribution < 1.29 is 19.4 Å². The van der Waals surface area contributed by atoms with Crippen LogP contribution in [0.5, 0.6) is 11.5 Å². The summed E-state index contributed by atoms with van der Waals surface area (Å²) < 4.78 is 10.9. The van der Waals surface area contributed by atoms with Crippen LogP contribution in [0.4, 0.5) is 0 Å². The molecule has 1 aromatic carbocycles. The number of ether oxygens (including phenoxy) is 2. The van der Waals surface area contributed by atoms with Gasteiger partial charge in [0.15, 0.2) is 6.61 Å². The number of carbonyl (C=O) groups is 1. The molecule has 0 saturated carbocycles. The Balaban J connectivity index is 2.51. The lowest BCUT2D eigenvalue weighted by atomic mass is 10.1. The molecule has 0 amide bonds. The van der Waals surface area contributed by atoms with E-state index in [1.807, 2.05) is 0 Å². The molecule has 1 N–H and O–H groups in total. The molecular weight excluding hydrogens is 232 g/mol. The first-order valence-corrected chi connectivity index (χ1v) is 6.27. The van der Waals surface area contributed by atoms with Gasteiger partial charge in [0.25, 0.3) is 0 Å². The second-order valence-corrected chi connectivity index (χ2v) is 4.09. The van der Waals surface area contributed by atoms with Crippen LogP contribution in [-0.4, -0.2) is 23.8 Å². The SMILES string of the molecule is CCCC(CC)Oc1ccc(OCC(=O)O)cc1. The first-order valence-electron chi connectivity index (χ1n) is 6.27. The van der Waals surface area contributed by atoms with E-state index in [-0.39, 0.29) is 12.7 Å². The summed E-state index contributed by atoms with van der Waals surface area (Å²) in [6, 6.07) is 7.04. The van der Waals surface area contributed by atoms with Gasteiger partial charge >= 0.3 is 5.97 Å². The highest BCUT2D eigenvalue weighted by Crippen LogP contribution is 2.20. The molecule has 18 heavy (non-hydrogen) atoms. The van der Waals surface area contributed by atoms with Crippen molar-refractivity contribution in [2.24, 2.45) is 0 Å².